The fourth-order valence-electron chi connectivity index (χ4n) is 9.35. The molecule has 0 saturated heterocycles. The molecule has 1 atom stereocenters. The van der Waals surface area contributed by atoms with Crippen molar-refractivity contribution in [1.82, 2.24) is 20.9 Å². The molecule has 0 aliphatic rings. The topological polar surface area (TPSA) is 243 Å². The summed E-state index contributed by atoms with van der Waals surface area (Å²) in [7, 11) is 0. The van der Waals surface area contributed by atoms with Gasteiger partial charge in [0.1, 0.15) is 37.5 Å². The Balaban J connectivity index is 1.59. The number of nitrogens with zero attached hydrogens (tertiary/aromatic N) is 1. The molecule has 0 fully saturated rings. The number of nitrogens with one attached hydrogen (secondary N) is 3. The van der Waals surface area contributed by atoms with Crippen LogP contribution in [0.25, 0.3) is 0 Å². The SMILES string of the molecule is C=CC(=O)OCCOCCOCCOCCOCCOCCOCCOCCOC(=O)CCCCCCCNC(=O)N(CCCCCCNC(=O)OC(CCCCCCCCCCCC)COc1ccc([I+]c2ccccc2)cc1)C(=O)NCCCCCCCC(C)=O. The van der Waals surface area contributed by atoms with Crippen LogP contribution in [0.4, 0.5) is 14.4 Å². The fraction of sp³-hybridized carbons (Fsp3) is 0.718. The number of unbranched alkanes of at least 4 members (excludes halogenated alkanes) is 20. The Hall–Kier alpha value is -4.95. The van der Waals surface area contributed by atoms with E-state index in [1.807, 2.05) is 18.2 Å². The van der Waals surface area contributed by atoms with Crippen molar-refractivity contribution < 1.29 is 102 Å². The highest BCUT2D eigenvalue weighted by Gasteiger charge is 2.21. The molecule has 0 heterocycles. The Morgan fingerprint density at radius 1 is 0.462 bits per heavy atom. The van der Waals surface area contributed by atoms with Crippen molar-refractivity contribution in [2.45, 2.75) is 193 Å². The predicted molar refractivity (Wildman–Crippen MR) is 356 cm³/mol. The van der Waals surface area contributed by atoms with Crippen molar-refractivity contribution in [3.05, 3.63) is 74.4 Å². The van der Waals surface area contributed by atoms with Gasteiger partial charge in [-0.2, -0.15) is 0 Å². The van der Waals surface area contributed by atoms with Crippen molar-refractivity contribution in [3.8, 4) is 5.75 Å². The number of imide groups is 1. The van der Waals surface area contributed by atoms with Crippen LogP contribution >= 0.6 is 0 Å². The summed E-state index contributed by atoms with van der Waals surface area (Å²) in [6, 6.07) is 18.0. The molecule has 21 nitrogen and oxygen atoms in total. The van der Waals surface area contributed by atoms with Gasteiger partial charge in [0.05, 0.1) is 92.5 Å². The molecule has 0 bridgehead atoms. The van der Waals surface area contributed by atoms with E-state index in [1.165, 1.54) is 63.4 Å². The fourth-order valence-corrected chi connectivity index (χ4v) is 11.6. The first kappa shape index (κ1) is 84.1. The minimum absolute atomic E-state index is 0.175. The second-order valence-corrected chi connectivity index (χ2v) is 25.8. The number of ketones is 1. The van der Waals surface area contributed by atoms with Crippen molar-refractivity contribution in [1.29, 1.82) is 0 Å². The Morgan fingerprint density at radius 3 is 1.35 bits per heavy atom. The molecule has 0 aromatic heterocycles. The number of urea groups is 2. The van der Waals surface area contributed by atoms with Crippen LogP contribution in [0.3, 0.4) is 0 Å². The second-order valence-electron chi connectivity index (χ2n) is 22.7. The van der Waals surface area contributed by atoms with E-state index >= 15 is 0 Å². The normalized spacial score (nSPS) is 11.4. The smallest absolute Gasteiger partial charge is 0.407 e. The van der Waals surface area contributed by atoms with Gasteiger partial charge in [0.15, 0.2) is 7.14 Å². The third-order valence-corrected chi connectivity index (χ3v) is 17.3. The van der Waals surface area contributed by atoms with E-state index in [0.717, 1.165) is 108 Å². The van der Waals surface area contributed by atoms with Crippen LogP contribution in [0.15, 0.2) is 67.3 Å². The van der Waals surface area contributed by atoms with Gasteiger partial charge in [-0.05, 0) is 94.7 Å². The molecule has 0 spiro atoms. The van der Waals surface area contributed by atoms with Gasteiger partial charge in [0.25, 0.3) is 0 Å². The summed E-state index contributed by atoms with van der Waals surface area (Å²) in [5, 5.41) is 8.82. The second kappa shape index (κ2) is 63.1. The van der Waals surface area contributed by atoms with Crippen molar-refractivity contribution in [3.63, 3.8) is 0 Å². The van der Waals surface area contributed by atoms with Gasteiger partial charge in [0.2, 0.25) is 0 Å². The molecule has 0 radical (unpaired) electrons. The summed E-state index contributed by atoms with van der Waals surface area (Å²) < 4.78 is 63.2. The van der Waals surface area contributed by atoms with E-state index in [0.29, 0.717) is 131 Å². The van der Waals surface area contributed by atoms with Crippen LogP contribution in [-0.4, -0.2) is 185 Å². The third-order valence-electron chi connectivity index (χ3n) is 14.6. The number of benzene rings is 2. The van der Waals surface area contributed by atoms with Crippen LogP contribution in [0.2, 0.25) is 0 Å². The maximum atomic E-state index is 13.4. The molecule has 5 amide bonds. The molecule has 0 aliphatic heterocycles. The number of hydrogen-bond donors (Lipinski definition) is 3. The van der Waals surface area contributed by atoms with E-state index in [1.54, 1.807) is 6.92 Å². The number of hydrogen-bond acceptors (Lipinski definition) is 17. The third kappa shape index (κ3) is 53.9. The molecule has 22 heteroatoms. The average Bonchev–Trinajstić information content (AvgIpc) is 3.21. The number of ether oxygens (including phenoxy) is 11. The van der Waals surface area contributed by atoms with Crippen molar-refractivity contribution in [2.24, 2.45) is 0 Å². The van der Waals surface area contributed by atoms with Gasteiger partial charge in [-0.1, -0.05) is 141 Å². The first-order valence-electron chi connectivity index (χ1n) is 34.8. The Morgan fingerprint density at radius 2 is 0.871 bits per heavy atom. The predicted octanol–water partition coefficient (Wildman–Crippen LogP) is 9.54. The van der Waals surface area contributed by atoms with Crippen LogP contribution < -0.4 is 41.9 Å². The molecular formula is C71H118IN4O17+. The highest BCUT2D eigenvalue weighted by Crippen LogP contribution is 2.16. The first-order valence-corrected chi connectivity index (χ1v) is 37.0. The van der Waals surface area contributed by atoms with E-state index in [-0.39, 0.29) is 72.0 Å². The minimum atomic E-state index is -0.474. The molecule has 530 valence electrons. The summed E-state index contributed by atoms with van der Waals surface area (Å²) in [5.41, 5.74) is 0. The lowest BCUT2D eigenvalue weighted by molar-refractivity contribution is -0.597. The highest BCUT2D eigenvalue weighted by atomic mass is 127. The summed E-state index contributed by atoms with van der Waals surface area (Å²) in [5.74, 6) is 0.228. The number of rotatable bonds is 65. The summed E-state index contributed by atoms with van der Waals surface area (Å²) in [6.45, 7) is 15.1. The number of Topliss-reactive ketones (excluding diaryl/α,β-unsaturated/α-hetero) is 1. The molecule has 2 aromatic carbocycles. The zero-order valence-electron chi connectivity index (χ0n) is 56.8. The van der Waals surface area contributed by atoms with Gasteiger partial charge in [-0.3, -0.25) is 4.79 Å². The maximum Gasteiger partial charge on any atom is 0.407 e. The number of alkyl carbamates (subject to hydrolysis) is 1. The van der Waals surface area contributed by atoms with Gasteiger partial charge in [0, 0.05) is 45.1 Å². The first-order chi connectivity index (χ1) is 45.6. The van der Waals surface area contributed by atoms with Crippen LogP contribution in [0.1, 0.15) is 187 Å². The molecule has 3 N–H and O–H groups in total. The number of carbonyl (C=O) groups excluding carboxylic acids is 6. The lowest BCUT2D eigenvalue weighted by atomic mass is 10.0. The van der Waals surface area contributed by atoms with E-state index in [9.17, 15) is 28.8 Å². The van der Waals surface area contributed by atoms with Gasteiger partial charge in [-0.15, -0.1) is 0 Å². The Bertz CT molecular complexity index is 2150. The van der Waals surface area contributed by atoms with Gasteiger partial charge < -0.3 is 72.9 Å². The summed E-state index contributed by atoms with van der Waals surface area (Å²) in [4.78, 5) is 75.7. The lowest BCUT2D eigenvalue weighted by Crippen LogP contribution is -3.61. The van der Waals surface area contributed by atoms with Crippen molar-refractivity contribution >= 4 is 35.9 Å². The molecule has 1 unspecified atom stereocenters. The number of carbonyl (C=O) groups is 6. The summed E-state index contributed by atoms with van der Waals surface area (Å²) in [6.07, 6.45) is 25.7. The standard InChI is InChI=1S/C71H117IN4O17/c1-4-6-7-8-9-10-11-12-16-26-35-66(61-92-65-39-37-64(38-40-65)72-63-33-24-22-25-34-63)93-71(82)75-43-30-20-21-31-44-76(69(80)73-41-28-18-13-15-23-32-62(3)77)70(81)74-42-29-19-14-17-27-36-68(79)91-60-58-89-56-54-87-52-50-85-48-46-83-45-47-84-49-51-86-53-55-88-57-59-90-67(78)5-2/h5,22,24-25,33-34,37-40,66H,2,4,6-21,23,26-32,35-36,41-61H2,1,3H3,(H2-,73,74,75,80,81,82)/p+1. The van der Waals surface area contributed by atoms with Gasteiger partial charge in [-0.25, -0.2) is 24.1 Å². The largest absolute Gasteiger partial charge is 0.490 e. The molecule has 2 aromatic rings. The van der Waals surface area contributed by atoms with Crippen molar-refractivity contribution in [2.75, 3.05) is 138 Å². The number of esters is 2. The highest BCUT2D eigenvalue weighted by molar-refractivity contribution is 5.93. The molecule has 0 saturated carbocycles. The van der Waals surface area contributed by atoms with E-state index in [2.05, 4.69) is 65.9 Å². The van der Waals surface area contributed by atoms with Crippen LogP contribution in [-0.2, 0) is 61.8 Å². The van der Waals surface area contributed by atoms with Crippen LogP contribution in [0, 0.1) is 7.14 Å². The van der Waals surface area contributed by atoms with E-state index < -0.39 is 24.1 Å². The van der Waals surface area contributed by atoms with Crippen LogP contribution in [0.5, 0.6) is 5.75 Å². The van der Waals surface area contributed by atoms with E-state index in [4.69, 9.17) is 52.1 Å². The number of halogens is 1. The number of amides is 5. The lowest BCUT2D eigenvalue weighted by Gasteiger charge is -2.22. The Kier molecular flexibility index (Phi) is 57.1. The monoisotopic (exact) mass is 1430 g/mol. The van der Waals surface area contributed by atoms with Gasteiger partial charge >= 0.3 is 51.3 Å². The average molecular weight is 1430 g/mol. The minimum Gasteiger partial charge on any atom is -0.490 e. The summed E-state index contributed by atoms with van der Waals surface area (Å²) >= 11 is -0.274. The Labute approximate surface area is 567 Å². The quantitative estimate of drug-likeness (QED) is 0.0183. The molecule has 0 aliphatic carbocycles. The molecular weight excluding hydrogens is 1310 g/mol. The molecule has 93 heavy (non-hydrogen) atoms. The maximum absolute atomic E-state index is 13.4. The zero-order chi connectivity index (χ0) is 67.0. The molecule has 2 rings (SSSR count). The zero-order valence-corrected chi connectivity index (χ0v) is 58.9.